The van der Waals surface area contributed by atoms with Gasteiger partial charge in [0.15, 0.2) is 23.1 Å². The molecule has 1 N–H and O–H groups in total. The van der Waals surface area contributed by atoms with Gasteiger partial charge >= 0.3 is 0 Å². The van der Waals surface area contributed by atoms with Gasteiger partial charge in [-0.1, -0.05) is 11.6 Å². The first-order valence-electron chi connectivity index (χ1n) is 6.63. The predicted molar refractivity (Wildman–Crippen MR) is 86.7 cm³/mol. The first-order chi connectivity index (χ1) is 11.6. The molecule has 25 heavy (non-hydrogen) atoms. The maximum Gasteiger partial charge on any atom is 0.267 e. The van der Waals surface area contributed by atoms with Crippen molar-refractivity contribution in [2.75, 3.05) is 13.4 Å². The Morgan fingerprint density at radius 1 is 1.08 bits per heavy atom. The number of rotatable bonds is 5. The molecule has 0 atom stereocenters. The smallest absolute Gasteiger partial charge is 0.267 e. The van der Waals surface area contributed by atoms with Gasteiger partial charge in [0, 0.05) is 17.2 Å². The van der Waals surface area contributed by atoms with Crippen molar-refractivity contribution in [1.29, 1.82) is 0 Å². The highest BCUT2D eigenvalue weighted by molar-refractivity contribution is 7.89. The van der Waals surface area contributed by atoms with Crippen molar-refractivity contribution in [3.8, 4) is 17.2 Å². The maximum absolute atomic E-state index is 14.1. The third kappa shape index (κ3) is 4.80. The average Bonchev–Trinajstić information content (AvgIpc) is 2.50. The van der Waals surface area contributed by atoms with Crippen LogP contribution in [0.15, 0.2) is 30.3 Å². The molecule has 0 aliphatic heterocycles. The molecule has 0 bridgehead atoms. The van der Waals surface area contributed by atoms with E-state index in [1.807, 2.05) is 0 Å². The molecule has 0 radical (unpaired) electrons. The summed E-state index contributed by atoms with van der Waals surface area (Å²) in [6, 6.07) is 5.43. The van der Waals surface area contributed by atoms with Gasteiger partial charge in [0.25, 0.3) is 5.91 Å². The van der Waals surface area contributed by atoms with Crippen LogP contribution in [0.2, 0.25) is 5.02 Å². The number of benzene rings is 2. The molecule has 0 aromatic heterocycles. The van der Waals surface area contributed by atoms with Crippen LogP contribution in [-0.4, -0.2) is 27.7 Å². The number of sulfonamides is 1. The van der Waals surface area contributed by atoms with Crippen molar-refractivity contribution in [3.63, 3.8) is 0 Å². The minimum atomic E-state index is -3.92. The molecule has 6 nitrogen and oxygen atoms in total. The van der Waals surface area contributed by atoms with E-state index in [0.717, 1.165) is 0 Å². The maximum atomic E-state index is 14.1. The Morgan fingerprint density at radius 3 is 2.36 bits per heavy atom. The molecule has 10 heteroatoms. The summed E-state index contributed by atoms with van der Waals surface area (Å²) in [4.78, 5) is 11.7. The quantitative estimate of drug-likeness (QED) is 0.847. The van der Waals surface area contributed by atoms with Gasteiger partial charge in [0.2, 0.25) is 10.0 Å². The molecule has 0 unspecified atom stereocenters. The van der Waals surface area contributed by atoms with Gasteiger partial charge in [-0.05, 0) is 18.2 Å². The molecule has 2 aromatic rings. The van der Waals surface area contributed by atoms with Gasteiger partial charge in [0.1, 0.15) is 5.82 Å². The molecule has 0 aliphatic rings. The van der Waals surface area contributed by atoms with Crippen molar-refractivity contribution in [1.82, 2.24) is 4.72 Å². The van der Waals surface area contributed by atoms with E-state index < -0.39 is 38.9 Å². The van der Waals surface area contributed by atoms with E-state index in [2.05, 4.69) is 0 Å². The van der Waals surface area contributed by atoms with Crippen molar-refractivity contribution in [2.45, 2.75) is 0 Å². The lowest BCUT2D eigenvalue weighted by Gasteiger charge is -2.12. The SMILES string of the molecule is COc1cc(Cl)ccc1Oc1cc(F)c(C(=O)NS(C)(=O)=O)cc1F. The summed E-state index contributed by atoms with van der Waals surface area (Å²) in [6.45, 7) is 0. The summed E-state index contributed by atoms with van der Waals surface area (Å²) in [6.07, 6.45) is 0.712. The standard InChI is InChI=1S/C15H12ClF2NO5S/c1-23-14-5-8(16)3-4-12(14)24-13-7-10(17)9(6-11(13)18)15(20)19-25(2,21)22/h3-7H,1-2H3,(H,19,20). The molecule has 0 saturated heterocycles. The fraction of sp³-hybridized carbons (Fsp3) is 0.133. The summed E-state index contributed by atoms with van der Waals surface area (Å²) in [5, 5.41) is 0.351. The largest absolute Gasteiger partial charge is 0.493 e. The zero-order valence-corrected chi connectivity index (χ0v) is 14.5. The van der Waals surface area contributed by atoms with Crippen molar-refractivity contribution in [3.05, 3.63) is 52.6 Å². The van der Waals surface area contributed by atoms with E-state index in [9.17, 15) is 22.0 Å². The van der Waals surface area contributed by atoms with Gasteiger partial charge in [-0.2, -0.15) is 0 Å². The van der Waals surface area contributed by atoms with E-state index in [1.54, 1.807) is 4.72 Å². The van der Waals surface area contributed by atoms with E-state index in [-0.39, 0.29) is 11.5 Å². The Bertz CT molecular complexity index is 934. The minimum Gasteiger partial charge on any atom is -0.493 e. The first kappa shape index (κ1) is 18.9. The Balaban J connectivity index is 2.36. The highest BCUT2D eigenvalue weighted by Gasteiger charge is 2.20. The van der Waals surface area contributed by atoms with Crippen LogP contribution >= 0.6 is 11.6 Å². The number of amides is 1. The second kappa shape index (κ2) is 7.24. The highest BCUT2D eigenvalue weighted by Crippen LogP contribution is 2.35. The molecule has 134 valence electrons. The number of carbonyl (C=O) groups is 1. The van der Waals surface area contributed by atoms with Gasteiger partial charge < -0.3 is 9.47 Å². The van der Waals surface area contributed by atoms with Crippen molar-refractivity contribution >= 4 is 27.5 Å². The Morgan fingerprint density at radius 2 is 1.76 bits per heavy atom. The van der Waals surface area contributed by atoms with Gasteiger partial charge in [-0.15, -0.1) is 0 Å². The number of hydrogen-bond donors (Lipinski definition) is 1. The minimum absolute atomic E-state index is 0.0681. The lowest BCUT2D eigenvalue weighted by molar-refractivity contribution is 0.0977. The summed E-state index contributed by atoms with van der Waals surface area (Å²) in [7, 11) is -2.58. The number of hydrogen-bond acceptors (Lipinski definition) is 5. The number of nitrogens with one attached hydrogen (secondary N) is 1. The van der Waals surface area contributed by atoms with Crippen LogP contribution in [-0.2, 0) is 10.0 Å². The molecule has 0 saturated carbocycles. The van der Waals surface area contributed by atoms with Gasteiger partial charge in [0.05, 0.1) is 18.9 Å². The fourth-order valence-electron chi connectivity index (χ4n) is 1.85. The summed E-state index contributed by atoms with van der Waals surface area (Å²) >= 11 is 5.80. The molecular formula is C15H12ClF2NO5S. The highest BCUT2D eigenvalue weighted by atomic mass is 35.5. The van der Waals surface area contributed by atoms with E-state index in [0.29, 0.717) is 23.4 Å². The molecule has 0 fully saturated rings. The van der Waals surface area contributed by atoms with Crippen LogP contribution in [0.5, 0.6) is 17.2 Å². The van der Waals surface area contributed by atoms with E-state index in [4.69, 9.17) is 21.1 Å². The van der Waals surface area contributed by atoms with Gasteiger partial charge in [-0.25, -0.2) is 21.9 Å². The molecule has 2 aromatic carbocycles. The topological polar surface area (TPSA) is 81.7 Å². The number of methoxy groups -OCH3 is 1. The second-order valence-electron chi connectivity index (χ2n) is 4.86. The summed E-state index contributed by atoms with van der Waals surface area (Å²) in [5.41, 5.74) is -0.779. The molecule has 2 rings (SSSR count). The van der Waals surface area contributed by atoms with E-state index >= 15 is 0 Å². The molecule has 0 heterocycles. The fourth-order valence-corrected chi connectivity index (χ4v) is 2.46. The predicted octanol–water partition coefficient (Wildman–Crippen LogP) is 3.11. The van der Waals surface area contributed by atoms with E-state index in [1.165, 1.54) is 25.3 Å². The third-order valence-corrected chi connectivity index (χ3v) is 3.68. The van der Waals surface area contributed by atoms with Crippen molar-refractivity contribution < 1.29 is 31.5 Å². The average molecular weight is 392 g/mol. The summed E-state index contributed by atoms with van der Waals surface area (Å²) in [5.74, 6) is -3.80. The van der Waals surface area contributed by atoms with Gasteiger partial charge in [-0.3, -0.25) is 4.79 Å². The number of ether oxygens (including phenoxy) is 2. The van der Waals surface area contributed by atoms with Crippen molar-refractivity contribution in [2.24, 2.45) is 0 Å². The van der Waals surface area contributed by atoms with Crippen LogP contribution < -0.4 is 14.2 Å². The Hall–Kier alpha value is -2.39. The van der Waals surface area contributed by atoms with Crippen LogP contribution in [0.25, 0.3) is 0 Å². The van der Waals surface area contributed by atoms with Crippen LogP contribution in [0, 0.1) is 11.6 Å². The zero-order chi connectivity index (χ0) is 18.8. The normalized spacial score (nSPS) is 11.1. The molecule has 0 spiro atoms. The molecular weight excluding hydrogens is 380 g/mol. The second-order valence-corrected chi connectivity index (χ2v) is 7.05. The summed E-state index contributed by atoms with van der Waals surface area (Å²) < 4.78 is 62.1. The Kier molecular flexibility index (Phi) is 5.48. The third-order valence-electron chi connectivity index (χ3n) is 2.89. The monoisotopic (exact) mass is 391 g/mol. The molecule has 0 aliphatic carbocycles. The Labute approximate surface area is 147 Å². The lowest BCUT2D eigenvalue weighted by Crippen LogP contribution is -2.30. The molecule has 1 amide bonds. The number of carbonyl (C=O) groups excluding carboxylic acids is 1. The lowest BCUT2D eigenvalue weighted by atomic mass is 10.2. The van der Waals surface area contributed by atoms with Crippen LogP contribution in [0.4, 0.5) is 8.78 Å². The first-order valence-corrected chi connectivity index (χ1v) is 8.90. The number of halogens is 3. The van der Waals surface area contributed by atoms with Crippen LogP contribution in [0.1, 0.15) is 10.4 Å². The zero-order valence-electron chi connectivity index (χ0n) is 13.0. The van der Waals surface area contributed by atoms with Crippen LogP contribution in [0.3, 0.4) is 0 Å².